The van der Waals surface area contributed by atoms with Crippen molar-refractivity contribution in [2.24, 2.45) is 5.73 Å². The summed E-state index contributed by atoms with van der Waals surface area (Å²) in [5, 5.41) is 3.26. The maximum atomic E-state index is 11.3. The van der Waals surface area contributed by atoms with Gasteiger partial charge in [0.1, 0.15) is 0 Å². The van der Waals surface area contributed by atoms with Crippen molar-refractivity contribution in [2.75, 3.05) is 17.6 Å². The summed E-state index contributed by atoms with van der Waals surface area (Å²) in [5.41, 5.74) is 12.8. The molecule has 106 valence electrons. The van der Waals surface area contributed by atoms with Gasteiger partial charge in [-0.15, -0.1) is 0 Å². The van der Waals surface area contributed by atoms with E-state index in [1.165, 1.54) is 32.1 Å². The predicted molar refractivity (Wildman–Crippen MR) is 81.2 cm³/mol. The number of nitrogens with two attached hydrogens (primary N) is 2. The first-order chi connectivity index (χ1) is 9.15. The standard InChI is InChI=1S/C15H25N3O/c1-2-3-4-5-6-7-10-18-14-9-8-12(16)11-13(14)15(17)19/h8-9,11,18H,2-7,10,16H2,1H3,(H2,17,19). The summed E-state index contributed by atoms with van der Waals surface area (Å²) in [6.45, 7) is 3.07. The molecule has 0 heterocycles. The van der Waals surface area contributed by atoms with Crippen molar-refractivity contribution in [3.05, 3.63) is 23.8 Å². The summed E-state index contributed by atoms with van der Waals surface area (Å²) in [4.78, 5) is 11.3. The van der Waals surface area contributed by atoms with Crippen LogP contribution in [0.15, 0.2) is 18.2 Å². The minimum Gasteiger partial charge on any atom is -0.399 e. The van der Waals surface area contributed by atoms with Gasteiger partial charge in [0, 0.05) is 17.9 Å². The number of unbranched alkanes of at least 4 members (excludes halogenated alkanes) is 5. The molecule has 0 aliphatic heterocycles. The van der Waals surface area contributed by atoms with Crippen molar-refractivity contribution >= 4 is 17.3 Å². The zero-order valence-corrected chi connectivity index (χ0v) is 11.7. The predicted octanol–water partition coefficient (Wildman–Crippen LogP) is 3.14. The fraction of sp³-hybridized carbons (Fsp3) is 0.533. The second-order valence-corrected chi connectivity index (χ2v) is 4.86. The molecule has 1 aromatic carbocycles. The molecule has 5 N–H and O–H groups in total. The van der Waals surface area contributed by atoms with Crippen LogP contribution in [0, 0.1) is 0 Å². The highest BCUT2D eigenvalue weighted by molar-refractivity contribution is 5.99. The number of anilines is 2. The molecule has 0 aromatic heterocycles. The number of carbonyl (C=O) groups excluding carboxylic acids is 1. The smallest absolute Gasteiger partial charge is 0.250 e. The molecule has 0 unspecified atom stereocenters. The SMILES string of the molecule is CCCCCCCCNc1ccc(N)cc1C(N)=O. The van der Waals surface area contributed by atoms with Crippen molar-refractivity contribution in [1.82, 2.24) is 0 Å². The average Bonchev–Trinajstić information content (AvgIpc) is 2.39. The number of benzene rings is 1. The third-order valence-electron chi connectivity index (χ3n) is 3.15. The maximum Gasteiger partial charge on any atom is 0.250 e. The molecule has 0 saturated heterocycles. The maximum absolute atomic E-state index is 11.3. The monoisotopic (exact) mass is 263 g/mol. The van der Waals surface area contributed by atoms with Crippen molar-refractivity contribution in [3.8, 4) is 0 Å². The Kier molecular flexibility index (Phi) is 6.79. The van der Waals surface area contributed by atoms with Crippen LogP contribution in [0.5, 0.6) is 0 Å². The molecule has 1 rings (SSSR count). The Morgan fingerprint density at radius 1 is 1.16 bits per heavy atom. The van der Waals surface area contributed by atoms with Gasteiger partial charge in [0.2, 0.25) is 0 Å². The summed E-state index contributed by atoms with van der Waals surface area (Å²) < 4.78 is 0. The van der Waals surface area contributed by atoms with Gasteiger partial charge in [-0.3, -0.25) is 4.79 Å². The molecular formula is C15H25N3O. The summed E-state index contributed by atoms with van der Waals surface area (Å²) in [6, 6.07) is 5.20. The number of amides is 1. The topological polar surface area (TPSA) is 81.1 Å². The molecule has 0 aliphatic carbocycles. The highest BCUT2D eigenvalue weighted by Crippen LogP contribution is 2.18. The van der Waals surface area contributed by atoms with Gasteiger partial charge >= 0.3 is 0 Å². The summed E-state index contributed by atoms with van der Waals surface area (Å²) >= 11 is 0. The van der Waals surface area contributed by atoms with Crippen LogP contribution in [0.25, 0.3) is 0 Å². The zero-order chi connectivity index (χ0) is 14.1. The highest BCUT2D eigenvalue weighted by Gasteiger charge is 2.07. The number of nitrogens with one attached hydrogen (secondary N) is 1. The quantitative estimate of drug-likeness (QED) is 0.473. The Labute approximate surface area is 115 Å². The number of rotatable bonds is 9. The van der Waals surface area contributed by atoms with Gasteiger partial charge in [-0.1, -0.05) is 39.0 Å². The molecule has 1 amide bonds. The molecule has 0 atom stereocenters. The van der Waals surface area contributed by atoms with Crippen molar-refractivity contribution in [1.29, 1.82) is 0 Å². The normalized spacial score (nSPS) is 10.4. The zero-order valence-electron chi connectivity index (χ0n) is 11.7. The second kappa shape index (κ2) is 8.40. The first kappa shape index (κ1) is 15.3. The highest BCUT2D eigenvalue weighted by atomic mass is 16.1. The van der Waals surface area contributed by atoms with E-state index < -0.39 is 5.91 Å². The van der Waals surface area contributed by atoms with Gasteiger partial charge < -0.3 is 16.8 Å². The van der Waals surface area contributed by atoms with Crippen LogP contribution in [-0.2, 0) is 0 Å². The molecule has 4 nitrogen and oxygen atoms in total. The minimum absolute atomic E-state index is 0.447. The van der Waals surface area contributed by atoms with Crippen LogP contribution < -0.4 is 16.8 Å². The minimum atomic E-state index is -0.447. The van der Waals surface area contributed by atoms with E-state index in [0.29, 0.717) is 11.3 Å². The number of carbonyl (C=O) groups is 1. The van der Waals surface area contributed by atoms with Crippen LogP contribution in [0.4, 0.5) is 11.4 Å². The van der Waals surface area contributed by atoms with Crippen molar-refractivity contribution in [2.45, 2.75) is 45.4 Å². The van der Waals surface area contributed by atoms with E-state index in [1.54, 1.807) is 12.1 Å². The number of primary amides is 1. The fourth-order valence-electron chi connectivity index (χ4n) is 2.05. The summed E-state index contributed by atoms with van der Waals surface area (Å²) in [5.74, 6) is -0.447. The Bertz CT molecular complexity index is 404. The largest absolute Gasteiger partial charge is 0.399 e. The van der Waals surface area contributed by atoms with E-state index >= 15 is 0 Å². The molecule has 0 fully saturated rings. The number of hydrogen-bond donors (Lipinski definition) is 3. The molecule has 0 aliphatic rings. The van der Waals surface area contributed by atoms with Crippen LogP contribution in [0.3, 0.4) is 0 Å². The lowest BCUT2D eigenvalue weighted by atomic mass is 10.1. The van der Waals surface area contributed by atoms with Crippen molar-refractivity contribution < 1.29 is 4.79 Å². The Balaban J connectivity index is 2.35. The van der Waals surface area contributed by atoms with Crippen LogP contribution in [0.2, 0.25) is 0 Å². The Hall–Kier alpha value is -1.71. The van der Waals surface area contributed by atoms with Crippen LogP contribution >= 0.6 is 0 Å². The lowest BCUT2D eigenvalue weighted by molar-refractivity contribution is 0.100. The Morgan fingerprint density at radius 2 is 1.84 bits per heavy atom. The molecule has 0 radical (unpaired) electrons. The second-order valence-electron chi connectivity index (χ2n) is 4.86. The van der Waals surface area contributed by atoms with Crippen molar-refractivity contribution in [3.63, 3.8) is 0 Å². The summed E-state index contributed by atoms with van der Waals surface area (Å²) in [6.07, 6.45) is 7.49. The lowest BCUT2D eigenvalue weighted by Gasteiger charge is -2.10. The molecule has 19 heavy (non-hydrogen) atoms. The van der Waals surface area contributed by atoms with E-state index in [4.69, 9.17) is 11.5 Å². The van der Waals surface area contributed by atoms with Gasteiger partial charge in [0.25, 0.3) is 5.91 Å². The van der Waals surface area contributed by atoms with Crippen LogP contribution in [0.1, 0.15) is 55.8 Å². The molecular weight excluding hydrogens is 238 g/mol. The van der Waals surface area contributed by atoms with E-state index in [9.17, 15) is 4.79 Å². The van der Waals surface area contributed by atoms with E-state index in [1.807, 2.05) is 6.07 Å². The molecule has 0 spiro atoms. The van der Waals surface area contributed by atoms with Gasteiger partial charge in [-0.2, -0.15) is 0 Å². The molecule has 1 aromatic rings. The first-order valence-electron chi connectivity index (χ1n) is 7.08. The first-order valence-corrected chi connectivity index (χ1v) is 7.08. The summed E-state index contributed by atoms with van der Waals surface area (Å²) in [7, 11) is 0. The molecule has 0 bridgehead atoms. The average molecular weight is 263 g/mol. The van der Waals surface area contributed by atoms with E-state index in [-0.39, 0.29) is 0 Å². The van der Waals surface area contributed by atoms with Crippen LogP contribution in [-0.4, -0.2) is 12.5 Å². The van der Waals surface area contributed by atoms with Gasteiger partial charge in [0.05, 0.1) is 5.56 Å². The third-order valence-corrected chi connectivity index (χ3v) is 3.15. The lowest BCUT2D eigenvalue weighted by Crippen LogP contribution is -2.15. The molecule has 0 saturated carbocycles. The Morgan fingerprint density at radius 3 is 2.53 bits per heavy atom. The van der Waals surface area contributed by atoms with E-state index in [0.717, 1.165) is 18.7 Å². The number of hydrogen-bond acceptors (Lipinski definition) is 3. The van der Waals surface area contributed by atoms with Gasteiger partial charge in [0.15, 0.2) is 0 Å². The number of nitrogen functional groups attached to an aromatic ring is 1. The van der Waals surface area contributed by atoms with Gasteiger partial charge in [-0.05, 0) is 24.6 Å². The van der Waals surface area contributed by atoms with Gasteiger partial charge in [-0.25, -0.2) is 0 Å². The molecule has 4 heteroatoms. The third kappa shape index (κ3) is 5.64. The van der Waals surface area contributed by atoms with E-state index in [2.05, 4.69) is 12.2 Å². The fourth-order valence-corrected chi connectivity index (χ4v) is 2.05.